The Bertz CT molecular complexity index is 284. The van der Waals surface area contributed by atoms with E-state index < -0.39 is 0 Å². The Balaban J connectivity index is 2.97. The summed E-state index contributed by atoms with van der Waals surface area (Å²) in [5, 5.41) is 5.61. The third kappa shape index (κ3) is 1.99. The van der Waals surface area contributed by atoms with Gasteiger partial charge in [-0.3, -0.25) is 4.79 Å². The average Bonchev–Trinajstić information content (AvgIpc) is 2.04. The van der Waals surface area contributed by atoms with Gasteiger partial charge in [-0.05, 0) is 30.7 Å². The molecule has 0 saturated heterocycles. The first-order chi connectivity index (χ1) is 5.76. The number of amides is 1. The molecule has 0 unspecified atom stereocenters. The molecule has 0 saturated carbocycles. The molecule has 0 spiro atoms. The lowest BCUT2D eigenvalue weighted by molar-refractivity contribution is -0.105. The van der Waals surface area contributed by atoms with Gasteiger partial charge in [0.25, 0.3) is 0 Å². The van der Waals surface area contributed by atoms with Gasteiger partial charge in [0.05, 0.1) is 0 Å². The van der Waals surface area contributed by atoms with E-state index in [1.54, 1.807) is 0 Å². The number of hydrogen-bond donors (Lipinski definition) is 2. The van der Waals surface area contributed by atoms with E-state index in [-0.39, 0.29) is 0 Å². The Hall–Kier alpha value is -1.51. The first-order valence-corrected chi connectivity index (χ1v) is 3.76. The minimum Gasteiger partial charge on any atom is -0.388 e. The molecule has 1 aromatic rings. The van der Waals surface area contributed by atoms with E-state index in [0.717, 1.165) is 16.9 Å². The van der Waals surface area contributed by atoms with Crippen LogP contribution >= 0.6 is 0 Å². The molecule has 1 rings (SSSR count). The van der Waals surface area contributed by atoms with E-state index in [2.05, 4.69) is 10.6 Å². The fourth-order valence-corrected chi connectivity index (χ4v) is 1.08. The van der Waals surface area contributed by atoms with Gasteiger partial charge in [-0.1, -0.05) is 0 Å². The van der Waals surface area contributed by atoms with Crippen molar-refractivity contribution in [2.24, 2.45) is 0 Å². The number of rotatable bonds is 3. The highest BCUT2D eigenvalue weighted by Gasteiger charge is 1.94. The van der Waals surface area contributed by atoms with Crippen LogP contribution in [0.25, 0.3) is 0 Å². The van der Waals surface area contributed by atoms with Crippen molar-refractivity contribution in [3.63, 3.8) is 0 Å². The number of carbonyl (C=O) groups is 1. The van der Waals surface area contributed by atoms with E-state index in [9.17, 15) is 4.79 Å². The lowest BCUT2D eigenvalue weighted by Crippen LogP contribution is -1.96. The predicted octanol–water partition coefficient (Wildman–Crippen LogP) is 1.61. The molecule has 3 nitrogen and oxygen atoms in total. The van der Waals surface area contributed by atoms with Crippen molar-refractivity contribution in [1.82, 2.24) is 0 Å². The second-order valence-electron chi connectivity index (χ2n) is 2.60. The van der Waals surface area contributed by atoms with Gasteiger partial charge in [0, 0.05) is 18.4 Å². The Morgan fingerprint density at radius 1 is 1.25 bits per heavy atom. The molecule has 1 aromatic carbocycles. The molecule has 0 aliphatic heterocycles. The molecule has 3 heteroatoms. The van der Waals surface area contributed by atoms with E-state index >= 15 is 0 Å². The minimum atomic E-state index is 0.675. The number of aryl methyl sites for hydroxylation is 1. The van der Waals surface area contributed by atoms with Crippen molar-refractivity contribution in [2.45, 2.75) is 6.92 Å². The standard InChI is InChI=1S/C9H12N2O/c1-7-3-8(10-2)5-9(4-7)11-6-12/h3-6,10H,1-2H3,(H,11,12). The molecular formula is C9H12N2O. The Labute approximate surface area is 71.8 Å². The maximum absolute atomic E-state index is 10.2. The summed E-state index contributed by atoms with van der Waals surface area (Å²) in [6.07, 6.45) is 0.675. The second kappa shape index (κ2) is 3.76. The first kappa shape index (κ1) is 8.59. The van der Waals surface area contributed by atoms with Crippen molar-refractivity contribution in [1.29, 1.82) is 0 Å². The van der Waals surface area contributed by atoms with Crippen LogP contribution in [0.5, 0.6) is 0 Å². The fourth-order valence-electron chi connectivity index (χ4n) is 1.08. The number of carbonyl (C=O) groups excluding carboxylic acids is 1. The van der Waals surface area contributed by atoms with Crippen molar-refractivity contribution >= 4 is 17.8 Å². The van der Waals surface area contributed by atoms with Crippen LogP contribution in [0, 0.1) is 6.92 Å². The van der Waals surface area contributed by atoms with E-state index in [0.29, 0.717) is 6.41 Å². The van der Waals surface area contributed by atoms with Gasteiger partial charge < -0.3 is 10.6 Å². The maximum atomic E-state index is 10.2. The van der Waals surface area contributed by atoms with Crippen molar-refractivity contribution < 1.29 is 4.79 Å². The zero-order chi connectivity index (χ0) is 8.97. The smallest absolute Gasteiger partial charge is 0.211 e. The zero-order valence-electron chi connectivity index (χ0n) is 7.22. The number of nitrogens with one attached hydrogen (secondary N) is 2. The van der Waals surface area contributed by atoms with Gasteiger partial charge in [-0.2, -0.15) is 0 Å². The monoisotopic (exact) mass is 164 g/mol. The summed E-state index contributed by atoms with van der Waals surface area (Å²) in [7, 11) is 1.85. The van der Waals surface area contributed by atoms with Crippen LogP contribution in [0.4, 0.5) is 11.4 Å². The largest absolute Gasteiger partial charge is 0.388 e. The van der Waals surface area contributed by atoms with Crippen LogP contribution in [0.15, 0.2) is 18.2 Å². The van der Waals surface area contributed by atoms with Gasteiger partial charge in [-0.25, -0.2) is 0 Å². The van der Waals surface area contributed by atoms with Gasteiger partial charge in [-0.15, -0.1) is 0 Å². The van der Waals surface area contributed by atoms with Crippen molar-refractivity contribution in [3.05, 3.63) is 23.8 Å². The number of benzene rings is 1. The average molecular weight is 164 g/mol. The number of anilines is 2. The molecule has 0 radical (unpaired) electrons. The zero-order valence-corrected chi connectivity index (χ0v) is 7.22. The van der Waals surface area contributed by atoms with Gasteiger partial charge in [0.15, 0.2) is 0 Å². The molecule has 12 heavy (non-hydrogen) atoms. The van der Waals surface area contributed by atoms with E-state index in [4.69, 9.17) is 0 Å². The lowest BCUT2D eigenvalue weighted by atomic mass is 10.2. The van der Waals surface area contributed by atoms with E-state index in [1.165, 1.54) is 0 Å². The highest BCUT2D eigenvalue weighted by molar-refractivity contribution is 5.74. The molecular weight excluding hydrogens is 152 g/mol. The molecule has 0 aromatic heterocycles. The van der Waals surface area contributed by atoms with Crippen LogP contribution in [0.3, 0.4) is 0 Å². The Kier molecular flexibility index (Phi) is 2.69. The highest BCUT2D eigenvalue weighted by Crippen LogP contribution is 2.17. The summed E-state index contributed by atoms with van der Waals surface area (Å²) in [4.78, 5) is 10.2. The third-order valence-corrected chi connectivity index (χ3v) is 1.59. The topological polar surface area (TPSA) is 41.1 Å². The van der Waals surface area contributed by atoms with Crippen LogP contribution in [0.2, 0.25) is 0 Å². The molecule has 0 aliphatic rings. The van der Waals surface area contributed by atoms with Crippen molar-refractivity contribution in [2.75, 3.05) is 17.7 Å². The summed E-state index contributed by atoms with van der Waals surface area (Å²) in [6, 6.07) is 5.80. The number of hydrogen-bond acceptors (Lipinski definition) is 2. The van der Waals surface area contributed by atoms with Gasteiger partial charge in [0.1, 0.15) is 0 Å². The summed E-state index contributed by atoms with van der Waals surface area (Å²) < 4.78 is 0. The molecule has 0 atom stereocenters. The SMILES string of the molecule is CNc1cc(C)cc(NC=O)c1. The second-order valence-corrected chi connectivity index (χ2v) is 2.60. The summed E-state index contributed by atoms with van der Waals surface area (Å²) in [5.41, 5.74) is 2.93. The third-order valence-electron chi connectivity index (χ3n) is 1.59. The molecule has 0 heterocycles. The first-order valence-electron chi connectivity index (χ1n) is 3.76. The Morgan fingerprint density at radius 3 is 2.50 bits per heavy atom. The van der Waals surface area contributed by atoms with Gasteiger partial charge >= 0.3 is 0 Å². The highest BCUT2D eigenvalue weighted by atomic mass is 16.1. The molecule has 2 N–H and O–H groups in total. The maximum Gasteiger partial charge on any atom is 0.211 e. The molecule has 0 aliphatic carbocycles. The summed E-state index contributed by atoms with van der Waals surface area (Å²) >= 11 is 0. The van der Waals surface area contributed by atoms with Crippen LogP contribution in [0.1, 0.15) is 5.56 Å². The Morgan fingerprint density at radius 2 is 1.92 bits per heavy atom. The predicted molar refractivity (Wildman–Crippen MR) is 50.4 cm³/mol. The molecule has 64 valence electrons. The van der Waals surface area contributed by atoms with E-state index in [1.807, 2.05) is 32.2 Å². The van der Waals surface area contributed by atoms with Crippen LogP contribution in [-0.2, 0) is 4.79 Å². The normalized spacial score (nSPS) is 9.17. The lowest BCUT2D eigenvalue weighted by Gasteiger charge is -2.05. The van der Waals surface area contributed by atoms with Crippen LogP contribution < -0.4 is 10.6 Å². The summed E-state index contributed by atoms with van der Waals surface area (Å²) in [5.74, 6) is 0. The fraction of sp³-hybridized carbons (Fsp3) is 0.222. The molecule has 1 amide bonds. The minimum absolute atomic E-state index is 0.675. The van der Waals surface area contributed by atoms with Crippen molar-refractivity contribution in [3.8, 4) is 0 Å². The molecule has 0 bridgehead atoms. The van der Waals surface area contributed by atoms with Gasteiger partial charge in [0.2, 0.25) is 6.41 Å². The summed E-state index contributed by atoms with van der Waals surface area (Å²) in [6.45, 7) is 1.98. The molecule has 0 fully saturated rings. The van der Waals surface area contributed by atoms with Crippen LogP contribution in [-0.4, -0.2) is 13.5 Å². The quantitative estimate of drug-likeness (QED) is 0.666.